The average Bonchev–Trinajstić information content (AvgIpc) is 2.75. The van der Waals surface area contributed by atoms with Gasteiger partial charge in [0, 0.05) is 12.2 Å². The molecule has 2 amide bonds. The molecule has 0 aromatic carbocycles. The van der Waals surface area contributed by atoms with Crippen LogP contribution >= 0.6 is 0 Å². The molecule has 0 fully saturated rings. The number of hydrogen-bond donors (Lipinski definition) is 4. The van der Waals surface area contributed by atoms with Crippen LogP contribution in [0.1, 0.15) is 38.4 Å². The molecule has 0 bridgehead atoms. The third kappa shape index (κ3) is 5.45. The van der Waals surface area contributed by atoms with Crippen LogP contribution < -0.4 is 10.6 Å². The van der Waals surface area contributed by atoms with E-state index in [4.69, 9.17) is 5.11 Å². The Bertz CT molecular complexity index is 491. The summed E-state index contributed by atoms with van der Waals surface area (Å²) in [5.74, 6) is -1.04. The van der Waals surface area contributed by atoms with Crippen molar-refractivity contribution in [2.75, 3.05) is 6.54 Å². The predicted octanol–water partition coefficient (Wildman–Crippen LogP) is 1.45. The first-order chi connectivity index (χ1) is 9.71. The van der Waals surface area contributed by atoms with Gasteiger partial charge < -0.3 is 15.7 Å². The van der Waals surface area contributed by atoms with Crippen LogP contribution in [0.2, 0.25) is 0 Å². The van der Waals surface area contributed by atoms with E-state index < -0.39 is 23.5 Å². The van der Waals surface area contributed by atoms with Crippen molar-refractivity contribution >= 4 is 12.0 Å². The highest BCUT2D eigenvalue weighted by molar-refractivity contribution is 5.83. The van der Waals surface area contributed by atoms with Crippen LogP contribution in [0.3, 0.4) is 0 Å². The molecule has 1 atom stereocenters. The molecule has 1 aromatic rings. The zero-order valence-corrected chi connectivity index (χ0v) is 13.0. The Balaban J connectivity index is 2.33. The average molecular weight is 296 g/mol. The lowest BCUT2D eigenvalue weighted by Gasteiger charge is -2.27. The maximum Gasteiger partial charge on any atom is 0.326 e. The largest absolute Gasteiger partial charge is 0.480 e. The van der Waals surface area contributed by atoms with Crippen LogP contribution in [-0.2, 0) is 11.2 Å². The number of nitrogens with one attached hydrogen (secondary N) is 3. The van der Waals surface area contributed by atoms with Crippen molar-refractivity contribution in [1.29, 1.82) is 0 Å². The van der Waals surface area contributed by atoms with E-state index in [1.807, 2.05) is 6.92 Å². The number of aromatic nitrogens is 2. The second-order valence-corrected chi connectivity index (χ2v) is 6.16. The zero-order valence-electron chi connectivity index (χ0n) is 13.0. The Kier molecular flexibility index (Phi) is 5.75. The molecule has 0 spiro atoms. The molecule has 1 unspecified atom stereocenters. The molecule has 0 aliphatic carbocycles. The molecule has 7 nitrogen and oxygen atoms in total. The molecule has 0 aliphatic heterocycles. The standard InChI is InChI=1S/C14H24N4O3/c1-9-10(8-16-18-9)6-5-7-15-13(21)17-11(12(19)20)14(2,3)4/h8,11H,5-7H2,1-4H3,(H,16,18)(H,19,20)(H2,15,17,21). The molecule has 118 valence electrons. The summed E-state index contributed by atoms with van der Waals surface area (Å²) in [6.45, 7) is 7.74. The number of carbonyl (C=O) groups is 2. The fraction of sp³-hybridized carbons (Fsp3) is 0.643. The Morgan fingerprint density at radius 1 is 1.43 bits per heavy atom. The molecular formula is C14H24N4O3. The fourth-order valence-electron chi connectivity index (χ4n) is 1.94. The van der Waals surface area contributed by atoms with Crippen LogP contribution in [0, 0.1) is 12.3 Å². The predicted molar refractivity (Wildman–Crippen MR) is 79.1 cm³/mol. The Morgan fingerprint density at radius 3 is 2.57 bits per heavy atom. The SMILES string of the molecule is Cc1[nH]ncc1CCCNC(=O)NC(C(=O)O)C(C)(C)C. The molecule has 4 N–H and O–H groups in total. The van der Waals surface area contributed by atoms with Crippen LogP contribution in [0.4, 0.5) is 4.79 Å². The van der Waals surface area contributed by atoms with Crippen molar-refractivity contribution in [2.24, 2.45) is 5.41 Å². The van der Waals surface area contributed by atoms with Crippen molar-refractivity contribution in [3.63, 3.8) is 0 Å². The maximum absolute atomic E-state index is 11.7. The lowest BCUT2D eigenvalue weighted by molar-refractivity contribution is -0.141. The summed E-state index contributed by atoms with van der Waals surface area (Å²) in [5, 5.41) is 21.1. The Morgan fingerprint density at radius 2 is 2.10 bits per heavy atom. The lowest BCUT2D eigenvalue weighted by atomic mass is 9.87. The topological polar surface area (TPSA) is 107 Å². The number of carboxylic acid groups (broad SMARTS) is 1. The lowest BCUT2D eigenvalue weighted by Crippen LogP contribution is -2.52. The van der Waals surface area contributed by atoms with Gasteiger partial charge in [0.05, 0.1) is 6.20 Å². The van der Waals surface area contributed by atoms with Crippen molar-refractivity contribution in [3.8, 4) is 0 Å². The van der Waals surface area contributed by atoms with Gasteiger partial charge in [-0.2, -0.15) is 5.10 Å². The second-order valence-electron chi connectivity index (χ2n) is 6.16. The van der Waals surface area contributed by atoms with Crippen molar-refractivity contribution < 1.29 is 14.7 Å². The number of urea groups is 1. The van der Waals surface area contributed by atoms with E-state index in [0.717, 1.165) is 24.1 Å². The monoisotopic (exact) mass is 296 g/mol. The smallest absolute Gasteiger partial charge is 0.326 e. The summed E-state index contributed by atoms with van der Waals surface area (Å²) in [6.07, 6.45) is 3.35. The minimum atomic E-state index is -1.04. The minimum Gasteiger partial charge on any atom is -0.480 e. The summed E-state index contributed by atoms with van der Waals surface area (Å²) in [7, 11) is 0. The highest BCUT2D eigenvalue weighted by atomic mass is 16.4. The minimum absolute atomic E-state index is 0.457. The van der Waals surface area contributed by atoms with Crippen molar-refractivity contribution in [1.82, 2.24) is 20.8 Å². The fourth-order valence-corrected chi connectivity index (χ4v) is 1.94. The van der Waals surface area contributed by atoms with Gasteiger partial charge in [-0.25, -0.2) is 9.59 Å². The van der Waals surface area contributed by atoms with E-state index in [2.05, 4.69) is 20.8 Å². The second kappa shape index (κ2) is 7.10. The van der Waals surface area contributed by atoms with Crippen LogP contribution in [0.25, 0.3) is 0 Å². The van der Waals surface area contributed by atoms with Crippen LogP contribution in [-0.4, -0.2) is 39.9 Å². The first kappa shape index (κ1) is 17.0. The molecule has 0 aliphatic rings. The van der Waals surface area contributed by atoms with Crippen LogP contribution in [0.15, 0.2) is 6.20 Å². The zero-order chi connectivity index (χ0) is 16.0. The number of rotatable bonds is 6. The number of hydrogen-bond acceptors (Lipinski definition) is 3. The van der Waals surface area contributed by atoms with E-state index in [1.165, 1.54) is 0 Å². The van der Waals surface area contributed by atoms with Gasteiger partial charge in [0.1, 0.15) is 6.04 Å². The summed E-state index contributed by atoms with van der Waals surface area (Å²) < 4.78 is 0. The molecule has 0 saturated carbocycles. The van der Waals surface area contributed by atoms with E-state index >= 15 is 0 Å². The summed E-state index contributed by atoms with van der Waals surface area (Å²) in [5.41, 5.74) is 1.60. The third-order valence-corrected chi connectivity index (χ3v) is 3.23. The number of carboxylic acids is 1. The molecule has 0 radical (unpaired) electrons. The Labute approximate surface area is 124 Å². The molecule has 1 aromatic heterocycles. The third-order valence-electron chi connectivity index (χ3n) is 3.23. The molecule has 7 heteroatoms. The number of H-pyrrole nitrogens is 1. The van der Waals surface area contributed by atoms with Gasteiger partial charge in [0.25, 0.3) is 0 Å². The highest BCUT2D eigenvalue weighted by Crippen LogP contribution is 2.19. The van der Waals surface area contributed by atoms with Gasteiger partial charge in [-0.05, 0) is 30.7 Å². The molecular weight excluding hydrogens is 272 g/mol. The number of aryl methyl sites for hydroxylation is 2. The van der Waals surface area contributed by atoms with E-state index in [0.29, 0.717) is 6.54 Å². The van der Waals surface area contributed by atoms with Gasteiger partial charge in [-0.1, -0.05) is 20.8 Å². The molecule has 1 heterocycles. The van der Waals surface area contributed by atoms with E-state index in [-0.39, 0.29) is 0 Å². The van der Waals surface area contributed by atoms with Crippen molar-refractivity contribution in [3.05, 3.63) is 17.5 Å². The van der Waals surface area contributed by atoms with Gasteiger partial charge in [-0.15, -0.1) is 0 Å². The Hall–Kier alpha value is -2.05. The number of amides is 2. The normalized spacial score (nSPS) is 12.8. The number of aromatic amines is 1. The first-order valence-electron chi connectivity index (χ1n) is 6.98. The number of nitrogens with zero attached hydrogens (tertiary/aromatic N) is 1. The van der Waals surface area contributed by atoms with Gasteiger partial charge in [0.15, 0.2) is 0 Å². The molecule has 0 saturated heterocycles. The van der Waals surface area contributed by atoms with Gasteiger partial charge in [-0.3, -0.25) is 5.10 Å². The maximum atomic E-state index is 11.7. The van der Waals surface area contributed by atoms with Crippen LogP contribution in [0.5, 0.6) is 0 Å². The molecule has 1 rings (SSSR count). The summed E-state index contributed by atoms with van der Waals surface area (Å²) >= 11 is 0. The van der Waals surface area contributed by atoms with Crippen molar-refractivity contribution in [2.45, 2.75) is 46.6 Å². The van der Waals surface area contributed by atoms with E-state index in [9.17, 15) is 9.59 Å². The van der Waals surface area contributed by atoms with Gasteiger partial charge >= 0.3 is 12.0 Å². The van der Waals surface area contributed by atoms with E-state index in [1.54, 1.807) is 27.0 Å². The number of aliphatic carboxylic acids is 1. The summed E-state index contributed by atoms with van der Waals surface area (Å²) in [6, 6.07) is -1.38. The molecule has 21 heavy (non-hydrogen) atoms. The quantitative estimate of drug-likeness (QED) is 0.596. The summed E-state index contributed by atoms with van der Waals surface area (Å²) in [4.78, 5) is 22.9. The van der Waals surface area contributed by atoms with Gasteiger partial charge in [0.2, 0.25) is 0 Å². The highest BCUT2D eigenvalue weighted by Gasteiger charge is 2.32. The first-order valence-corrected chi connectivity index (χ1v) is 6.98. The number of carbonyl (C=O) groups excluding carboxylic acids is 1.